The molecule has 1 fully saturated rings. The van der Waals surface area contributed by atoms with Crippen LogP contribution in [0.15, 0.2) is 22.7 Å². The lowest BCUT2D eigenvalue weighted by atomic mass is 10.1. The molecule has 1 heterocycles. The molecule has 1 aromatic rings. The van der Waals surface area contributed by atoms with Gasteiger partial charge in [-0.2, -0.15) is 0 Å². The molecule has 8 heteroatoms. The summed E-state index contributed by atoms with van der Waals surface area (Å²) in [7, 11) is 0. The van der Waals surface area contributed by atoms with Gasteiger partial charge in [0.2, 0.25) is 5.91 Å². The predicted octanol–water partition coefficient (Wildman–Crippen LogP) is 0.976. The van der Waals surface area contributed by atoms with Crippen LogP contribution in [0.5, 0.6) is 0 Å². The smallest absolute Gasteiger partial charge is 0.284 e. The third-order valence-corrected chi connectivity index (χ3v) is 3.39. The Hall–Kier alpha value is -1.96. The van der Waals surface area contributed by atoms with Gasteiger partial charge < -0.3 is 10.6 Å². The van der Waals surface area contributed by atoms with Crippen molar-refractivity contribution < 1.29 is 14.5 Å². The molecule has 0 bridgehead atoms. The Bertz CT molecular complexity index is 561. The van der Waals surface area contributed by atoms with Crippen molar-refractivity contribution in [3.63, 3.8) is 0 Å². The van der Waals surface area contributed by atoms with Crippen LogP contribution >= 0.6 is 15.9 Å². The van der Waals surface area contributed by atoms with Gasteiger partial charge in [0.25, 0.3) is 11.6 Å². The lowest BCUT2D eigenvalue weighted by molar-refractivity contribution is -0.385. The molecule has 2 amide bonds. The number of halogens is 1. The average molecular weight is 328 g/mol. The molecule has 0 spiro atoms. The molecule has 1 aliphatic heterocycles. The van der Waals surface area contributed by atoms with Gasteiger partial charge in [-0.15, -0.1) is 0 Å². The number of benzene rings is 1. The van der Waals surface area contributed by atoms with Crippen LogP contribution in [0.1, 0.15) is 16.8 Å². The molecule has 1 aromatic carbocycles. The van der Waals surface area contributed by atoms with Crippen LogP contribution in [-0.4, -0.2) is 29.3 Å². The quantitative estimate of drug-likeness (QED) is 0.638. The molecule has 0 aromatic heterocycles. The van der Waals surface area contributed by atoms with E-state index in [2.05, 4.69) is 26.6 Å². The lowest BCUT2D eigenvalue weighted by Crippen LogP contribution is -2.36. The van der Waals surface area contributed by atoms with Crippen molar-refractivity contribution in [1.82, 2.24) is 10.6 Å². The Labute approximate surface area is 116 Å². The van der Waals surface area contributed by atoms with E-state index in [0.29, 0.717) is 11.0 Å². The van der Waals surface area contributed by atoms with Gasteiger partial charge in [0.1, 0.15) is 0 Å². The highest BCUT2D eigenvalue weighted by molar-refractivity contribution is 9.10. The molecule has 1 aliphatic rings. The summed E-state index contributed by atoms with van der Waals surface area (Å²) in [6.07, 6.45) is 0.227. The number of hydrogen-bond donors (Lipinski definition) is 2. The topological polar surface area (TPSA) is 101 Å². The molecule has 19 heavy (non-hydrogen) atoms. The second-order valence-electron chi connectivity index (χ2n) is 4.10. The molecule has 0 radical (unpaired) electrons. The van der Waals surface area contributed by atoms with E-state index < -0.39 is 10.8 Å². The van der Waals surface area contributed by atoms with Gasteiger partial charge in [-0.05, 0) is 28.1 Å². The van der Waals surface area contributed by atoms with E-state index >= 15 is 0 Å². The van der Waals surface area contributed by atoms with E-state index in [1.165, 1.54) is 18.2 Å². The minimum Gasteiger partial charge on any atom is -0.354 e. The van der Waals surface area contributed by atoms with E-state index in [1.807, 2.05) is 0 Å². The van der Waals surface area contributed by atoms with E-state index in [4.69, 9.17) is 0 Å². The fraction of sp³-hybridized carbons (Fsp3) is 0.273. The normalized spacial score (nSPS) is 17.9. The summed E-state index contributed by atoms with van der Waals surface area (Å²) < 4.78 is 0.312. The Kier molecular flexibility index (Phi) is 3.79. The maximum atomic E-state index is 11.9. The van der Waals surface area contributed by atoms with Gasteiger partial charge in [0, 0.05) is 24.6 Å². The Morgan fingerprint density at radius 3 is 2.84 bits per heavy atom. The zero-order chi connectivity index (χ0) is 14.0. The number of carbonyl (C=O) groups excluding carboxylic acids is 2. The monoisotopic (exact) mass is 327 g/mol. The number of nitrogens with zero attached hydrogens (tertiary/aromatic N) is 1. The highest BCUT2D eigenvalue weighted by Gasteiger charge is 2.24. The Morgan fingerprint density at radius 1 is 1.53 bits per heavy atom. The summed E-state index contributed by atoms with van der Waals surface area (Å²) in [4.78, 5) is 33.1. The zero-order valence-electron chi connectivity index (χ0n) is 9.68. The molecule has 0 saturated carbocycles. The van der Waals surface area contributed by atoms with Crippen LogP contribution in [0.3, 0.4) is 0 Å². The molecular formula is C11H10BrN3O4. The second kappa shape index (κ2) is 5.35. The first-order chi connectivity index (χ1) is 8.97. The molecule has 7 nitrogen and oxygen atoms in total. The summed E-state index contributed by atoms with van der Waals surface area (Å²) in [5, 5.41) is 16.0. The van der Waals surface area contributed by atoms with Gasteiger partial charge in [-0.1, -0.05) is 0 Å². The van der Waals surface area contributed by atoms with E-state index in [9.17, 15) is 19.7 Å². The third-order valence-electron chi connectivity index (χ3n) is 2.72. The maximum Gasteiger partial charge on any atom is 0.284 e. The summed E-state index contributed by atoms with van der Waals surface area (Å²) in [5.74, 6) is -0.552. The number of carbonyl (C=O) groups is 2. The highest BCUT2D eigenvalue weighted by atomic mass is 79.9. The minimum absolute atomic E-state index is 0.118. The van der Waals surface area contributed by atoms with Crippen molar-refractivity contribution in [3.05, 3.63) is 38.3 Å². The van der Waals surface area contributed by atoms with E-state index in [-0.39, 0.29) is 29.6 Å². The van der Waals surface area contributed by atoms with Crippen molar-refractivity contribution in [2.75, 3.05) is 6.54 Å². The first-order valence-corrected chi connectivity index (χ1v) is 6.28. The number of nitro benzene ring substituents is 1. The molecular weight excluding hydrogens is 318 g/mol. The minimum atomic E-state index is -0.568. The molecule has 100 valence electrons. The molecule has 0 aliphatic carbocycles. The van der Waals surface area contributed by atoms with Crippen LogP contribution in [0.4, 0.5) is 5.69 Å². The van der Waals surface area contributed by atoms with Crippen molar-refractivity contribution in [1.29, 1.82) is 0 Å². The Morgan fingerprint density at radius 2 is 2.26 bits per heavy atom. The van der Waals surface area contributed by atoms with Crippen molar-refractivity contribution in [2.24, 2.45) is 0 Å². The number of hydrogen-bond acceptors (Lipinski definition) is 4. The maximum absolute atomic E-state index is 11.9. The van der Waals surface area contributed by atoms with Crippen LogP contribution in [0, 0.1) is 10.1 Å². The molecule has 2 N–H and O–H groups in total. The van der Waals surface area contributed by atoms with E-state index in [1.54, 1.807) is 0 Å². The molecule has 1 unspecified atom stereocenters. The molecule has 1 atom stereocenters. The van der Waals surface area contributed by atoms with Crippen LogP contribution in [0.2, 0.25) is 0 Å². The standard InChI is InChI=1S/C11H10BrN3O4/c12-8-2-1-6(3-9(8)15(18)19)11(17)14-7-4-10(16)13-5-7/h1-3,7H,4-5H2,(H,13,16)(H,14,17). The first-order valence-electron chi connectivity index (χ1n) is 5.49. The fourth-order valence-corrected chi connectivity index (χ4v) is 2.16. The predicted molar refractivity (Wildman–Crippen MR) is 69.7 cm³/mol. The lowest BCUT2D eigenvalue weighted by Gasteiger charge is -2.10. The van der Waals surface area contributed by atoms with Crippen molar-refractivity contribution >= 4 is 33.4 Å². The van der Waals surface area contributed by atoms with E-state index in [0.717, 1.165) is 0 Å². The molecule has 1 saturated heterocycles. The van der Waals surface area contributed by atoms with Crippen LogP contribution in [0.25, 0.3) is 0 Å². The van der Waals surface area contributed by atoms with Gasteiger partial charge in [0.05, 0.1) is 15.4 Å². The number of nitrogens with one attached hydrogen (secondary N) is 2. The fourth-order valence-electron chi connectivity index (χ4n) is 1.77. The average Bonchev–Trinajstić information content (AvgIpc) is 2.74. The Balaban J connectivity index is 2.13. The van der Waals surface area contributed by atoms with Crippen molar-refractivity contribution in [2.45, 2.75) is 12.5 Å². The highest BCUT2D eigenvalue weighted by Crippen LogP contribution is 2.25. The van der Waals surface area contributed by atoms with Gasteiger partial charge in [0.15, 0.2) is 0 Å². The zero-order valence-corrected chi connectivity index (χ0v) is 11.3. The largest absolute Gasteiger partial charge is 0.354 e. The molecule has 2 rings (SSSR count). The van der Waals surface area contributed by atoms with Crippen molar-refractivity contribution in [3.8, 4) is 0 Å². The SMILES string of the molecule is O=C1CC(NC(=O)c2ccc(Br)c([N+](=O)[O-])c2)CN1. The summed E-state index contributed by atoms with van der Waals surface area (Å²) in [5.41, 5.74) is 0.0162. The summed E-state index contributed by atoms with van der Waals surface area (Å²) >= 11 is 3.05. The van der Waals surface area contributed by atoms with Gasteiger partial charge in [-0.3, -0.25) is 19.7 Å². The second-order valence-corrected chi connectivity index (χ2v) is 4.96. The first kappa shape index (κ1) is 13.5. The number of amides is 2. The number of nitro groups is 1. The van der Waals surface area contributed by atoms with Crippen LogP contribution in [-0.2, 0) is 4.79 Å². The third kappa shape index (κ3) is 3.08. The summed E-state index contributed by atoms with van der Waals surface area (Å²) in [6.45, 7) is 0.378. The number of rotatable bonds is 3. The summed E-state index contributed by atoms with van der Waals surface area (Å²) in [6, 6.07) is 3.86. The van der Waals surface area contributed by atoms with Gasteiger partial charge in [-0.25, -0.2) is 0 Å². The van der Waals surface area contributed by atoms with Crippen LogP contribution < -0.4 is 10.6 Å². The van der Waals surface area contributed by atoms with Gasteiger partial charge >= 0.3 is 0 Å².